The van der Waals surface area contributed by atoms with Crippen LogP contribution in [0.4, 0.5) is 5.69 Å². The van der Waals surface area contributed by atoms with Gasteiger partial charge in [0.25, 0.3) is 0 Å². The van der Waals surface area contributed by atoms with Crippen LogP contribution in [0.5, 0.6) is 0 Å². The fourth-order valence-electron chi connectivity index (χ4n) is 2.20. The number of carbonyl (C=O) groups is 1. The first kappa shape index (κ1) is 12.5. The Morgan fingerprint density at radius 2 is 2.05 bits per heavy atom. The zero-order valence-corrected chi connectivity index (χ0v) is 11.4. The summed E-state index contributed by atoms with van der Waals surface area (Å²) in [7, 11) is 0. The largest absolute Gasteiger partial charge is 0.306 e. The van der Waals surface area contributed by atoms with E-state index in [0.29, 0.717) is 23.1 Å². The van der Waals surface area contributed by atoms with E-state index in [4.69, 9.17) is 23.2 Å². The predicted octanol–water partition coefficient (Wildman–Crippen LogP) is 3.48. The van der Waals surface area contributed by atoms with Gasteiger partial charge in [-0.05, 0) is 29.8 Å². The SMILES string of the molecule is O=C1Cc2ccc(Cl)cc2N1Cc1cccc(Cl)n1. The summed E-state index contributed by atoms with van der Waals surface area (Å²) in [6, 6.07) is 10.9. The highest BCUT2D eigenvalue weighted by molar-refractivity contribution is 6.31. The molecule has 0 saturated carbocycles. The summed E-state index contributed by atoms with van der Waals surface area (Å²) in [5.74, 6) is 0.0547. The van der Waals surface area contributed by atoms with Crippen molar-refractivity contribution in [3.63, 3.8) is 0 Å². The summed E-state index contributed by atoms with van der Waals surface area (Å²) in [6.45, 7) is 0.409. The minimum atomic E-state index is 0.0547. The third-order valence-corrected chi connectivity index (χ3v) is 3.52. The monoisotopic (exact) mass is 292 g/mol. The summed E-state index contributed by atoms with van der Waals surface area (Å²) in [5, 5.41) is 1.05. The molecule has 1 aromatic heterocycles. The molecule has 0 radical (unpaired) electrons. The van der Waals surface area contributed by atoms with Crippen LogP contribution >= 0.6 is 23.2 Å². The van der Waals surface area contributed by atoms with Gasteiger partial charge in [0.2, 0.25) is 5.91 Å². The highest BCUT2D eigenvalue weighted by Crippen LogP contribution is 2.32. The molecule has 1 aliphatic rings. The molecule has 3 rings (SSSR count). The van der Waals surface area contributed by atoms with Crippen molar-refractivity contribution < 1.29 is 4.79 Å². The van der Waals surface area contributed by atoms with Crippen LogP contribution < -0.4 is 4.90 Å². The summed E-state index contributed by atoms with van der Waals surface area (Å²) >= 11 is 11.8. The van der Waals surface area contributed by atoms with Crippen LogP contribution in [0.3, 0.4) is 0 Å². The fourth-order valence-corrected chi connectivity index (χ4v) is 2.55. The number of aromatic nitrogens is 1. The van der Waals surface area contributed by atoms with Gasteiger partial charge in [0.05, 0.1) is 18.7 Å². The average Bonchev–Trinajstić information content (AvgIpc) is 2.66. The second-order valence-corrected chi connectivity index (χ2v) is 5.21. The molecule has 3 nitrogen and oxygen atoms in total. The molecule has 1 aromatic carbocycles. The Morgan fingerprint density at radius 3 is 2.84 bits per heavy atom. The molecule has 5 heteroatoms. The van der Waals surface area contributed by atoms with Crippen LogP contribution in [0, 0.1) is 0 Å². The van der Waals surface area contributed by atoms with E-state index in [1.807, 2.05) is 24.3 Å². The molecule has 19 heavy (non-hydrogen) atoms. The van der Waals surface area contributed by atoms with Crippen molar-refractivity contribution >= 4 is 34.8 Å². The van der Waals surface area contributed by atoms with E-state index in [-0.39, 0.29) is 5.91 Å². The van der Waals surface area contributed by atoms with Gasteiger partial charge >= 0.3 is 0 Å². The number of hydrogen-bond donors (Lipinski definition) is 0. The molecule has 96 valence electrons. The topological polar surface area (TPSA) is 33.2 Å². The standard InChI is InChI=1S/C14H10Cl2N2O/c15-10-5-4-9-6-14(19)18(12(9)7-10)8-11-2-1-3-13(16)17-11/h1-5,7H,6,8H2. The molecule has 0 saturated heterocycles. The lowest BCUT2D eigenvalue weighted by Crippen LogP contribution is -2.26. The molecule has 0 fully saturated rings. The summed E-state index contributed by atoms with van der Waals surface area (Å²) in [4.78, 5) is 18.0. The van der Waals surface area contributed by atoms with E-state index in [1.54, 1.807) is 17.0 Å². The van der Waals surface area contributed by atoms with Gasteiger partial charge in [-0.15, -0.1) is 0 Å². The second-order valence-electron chi connectivity index (χ2n) is 4.38. The molecule has 2 aromatic rings. The molecule has 1 amide bonds. The van der Waals surface area contributed by atoms with E-state index < -0.39 is 0 Å². The van der Waals surface area contributed by atoms with Crippen molar-refractivity contribution in [3.8, 4) is 0 Å². The smallest absolute Gasteiger partial charge is 0.231 e. The van der Waals surface area contributed by atoms with Crippen LogP contribution in [0.25, 0.3) is 0 Å². The molecule has 0 unspecified atom stereocenters. The summed E-state index contributed by atoms with van der Waals surface area (Å²) in [5.41, 5.74) is 2.62. The predicted molar refractivity (Wildman–Crippen MR) is 75.6 cm³/mol. The zero-order valence-electron chi connectivity index (χ0n) is 9.94. The van der Waals surface area contributed by atoms with Gasteiger partial charge in [0, 0.05) is 10.7 Å². The molecule has 0 atom stereocenters. The third kappa shape index (κ3) is 2.44. The van der Waals surface area contributed by atoms with Crippen LogP contribution in [-0.4, -0.2) is 10.9 Å². The average molecular weight is 293 g/mol. The molecule has 0 spiro atoms. The quantitative estimate of drug-likeness (QED) is 0.794. The molecule has 0 N–H and O–H groups in total. The van der Waals surface area contributed by atoms with Crippen LogP contribution in [0.1, 0.15) is 11.3 Å². The van der Waals surface area contributed by atoms with Crippen molar-refractivity contribution in [2.45, 2.75) is 13.0 Å². The van der Waals surface area contributed by atoms with Gasteiger partial charge in [-0.3, -0.25) is 4.79 Å². The molecule has 0 aliphatic carbocycles. The minimum absolute atomic E-state index is 0.0547. The maximum Gasteiger partial charge on any atom is 0.231 e. The van der Waals surface area contributed by atoms with Crippen LogP contribution in [-0.2, 0) is 17.8 Å². The zero-order chi connectivity index (χ0) is 13.4. The van der Waals surface area contributed by atoms with Gasteiger partial charge in [-0.1, -0.05) is 35.3 Å². The molecule has 1 aliphatic heterocycles. The maximum atomic E-state index is 12.1. The number of hydrogen-bond acceptors (Lipinski definition) is 2. The summed E-state index contributed by atoms with van der Waals surface area (Å²) < 4.78 is 0. The number of anilines is 1. The normalized spacial score (nSPS) is 13.8. The highest BCUT2D eigenvalue weighted by atomic mass is 35.5. The van der Waals surface area contributed by atoms with Gasteiger partial charge in [0.15, 0.2) is 0 Å². The van der Waals surface area contributed by atoms with Crippen LogP contribution in [0.15, 0.2) is 36.4 Å². The van der Waals surface area contributed by atoms with Gasteiger partial charge in [-0.25, -0.2) is 4.98 Å². The molecular weight excluding hydrogens is 283 g/mol. The van der Waals surface area contributed by atoms with Crippen LogP contribution in [0.2, 0.25) is 10.2 Å². The molecule has 2 heterocycles. The second kappa shape index (κ2) is 4.83. The van der Waals surface area contributed by atoms with Gasteiger partial charge in [-0.2, -0.15) is 0 Å². The Hall–Kier alpha value is -1.58. The number of rotatable bonds is 2. The lowest BCUT2D eigenvalue weighted by molar-refractivity contribution is -0.117. The molecule has 0 bridgehead atoms. The van der Waals surface area contributed by atoms with Crippen molar-refractivity contribution in [1.82, 2.24) is 4.98 Å². The van der Waals surface area contributed by atoms with Crippen molar-refractivity contribution in [2.75, 3.05) is 4.90 Å². The Morgan fingerprint density at radius 1 is 1.21 bits per heavy atom. The first-order valence-electron chi connectivity index (χ1n) is 5.84. The Bertz CT molecular complexity index is 658. The Labute approximate surface area is 120 Å². The summed E-state index contributed by atoms with van der Waals surface area (Å²) in [6.07, 6.45) is 0.410. The van der Waals surface area contributed by atoms with E-state index in [2.05, 4.69) is 4.98 Å². The first-order valence-corrected chi connectivity index (χ1v) is 6.59. The van der Waals surface area contributed by atoms with E-state index in [9.17, 15) is 4.79 Å². The number of pyridine rings is 1. The number of halogens is 2. The van der Waals surface area contributed by atoms with E-state index >= 15 is 0 Å². The maximum absolute atomic E-state index is 12.1. The van der Waals surface area contributed by atoms with Crippen molar-refractivity contribution in [3.05, 3.63) is 57.8 Å². The first-order chi connectivity index (χ1) is 9.13. The number of benzene rings is 1. The van der Waals surface area contributed by atoms with Crippen molar-refractivity contribution in [2.24, 2.45) is 0 Å². The fraction of sp³-hybridized carbons (Fsp3) is 0.143. The van der Waals surface area contributed by atoms with Gasteiger partial charge < -0.3 is 4.90 Å². The van der Waals surface area contributed by atoms with Gasteiger partial charge in [0.1, 0.15) is 5.15 Å². The Kier molecular flexibility index (Phi) is 3.17. The lowest BCUT2D eigenvalue weighted by atomic mass is 10.2. The third-order valence-electron chi connectivity index (χ3n) is 3.07. The van der Waals surface area contributed by atoms with Crippen molar-refractivity contribution in [1.29, 1.82) is 0 Å². The number of carbonyl (C=O) groups excluding carboxylic acids is 1. The molecular formula is C14H10Cl2N2O. The number of fused-ring (bicyclic) bond motifs is 1. The lowest BCUT2D eigenvalue weighted by Gasteiger charge is -2.17. The van der Waals surface area contributed by atoms with E-state index in [1.165, 1.54) is 0 Å². The Balaban J connectivity index is 1.94. The highest BCUT2D eigenvalue weighted by Gasteiger charge is 2.27. The number of amides is 1. The minimum Gasteiger partial charge on any atom is -0.306 e. The number of nitrogens with zero attached hydrogens (tertiary/aromatic N) is 2. The van der Waals surface area contributed by atoms with E-state index in [0.717, 1.165) is 16.9 Å².